The highest BCUT2D eigenvalue weighted by atomic mass is 32.2. The number of hydrogen-bond donors (Lipinski definition) is 1. The van der Waals surface area contributed by atoms with Gasteiger partial charge >= 0.3 is 0 Å². The van der Waals surface area contributed by atoms with Gasteiger partial charge < -0.3 is 4.55 Å². The second-order valence-corrected chi connectivity index (χ2v) is 4.29. The predicted octanol–water partition coefficient (Wildman–Crippen LogP) is 0.712. The molecule has 0 spiro atoms. The van der Waals surface area contributed by atoms with Crippen LogP contribution in [0.4, 0.5) is 0 Å². The molecule has 0 aliphatic rings. The average Bonchev–Trinajstić information content (AvgIpc) is 2.58. The van der Waals surface area contributed by atoms with E-state index in [1.807, 2.05) is 0 Å². The van der Waals surface area contributed by atoms with Crippen LogP contribution < -0.4 is 5.56 Å². The molecule has 0 fully saturated rings. The number of aromatic amines is 1. The predicted molar refractivity (Wildman–Crippen MR) is 58.3 cm³/mol. The molecule has 1 unspecified atom stereocenters. The lowest BCUT2D eigenvalue weighted by atomic mass is 10.3. The number of aryl methyl sites for hydroxylation is 1. The smallest absolute Gasteiger partial charge is 0.271 e. The van der Waals surface area contributed by atoms with Crippen LogP contribution in [0.15, 0.2) is 40.0 Å². The maximum absolute atomic E-state index is 11.5. The van der Waals surface area contributed by atoms with Crippen molar-refractivity contribution in [1.82, 2.24) is 9.78 Å². The Hall–Kier alpha value is -1.66. The van der Waals surface area contributed by atoms with Crippen LogP contribution in [0.1, 0.15) is 5.69 Å². The third-order valence-electron chi connectivity index (χ3n) is 2.12. The van der Waals surface area contributed by atoms with Gasteiger partial charge in [-0.3, -0.25) is 14.1 Å². The summed E-state index contributed by atoms with van der Waals surface area (Å²) in [6.07, 6.45) is 0. The fourth-order valence-electron chi connectivity index (χ4n) is 1.43. The van der Waals surface area contributed by atoms with Crippen LogP contribution in [0.2, 0.25) is 0 Å². The second kappa shape index (κ2) is 4.07. The van der Waals surface area contributed by atoms with E-state index in [2.05, 4.69) is 5.10 Å². The summed E-state index contributed by atoms with van der Waals surface area (Å²) < 4.78 is 22.9. The summed E-state index contributed by atoms with van der Waals surface area (Å²) in [7, 11) is 0. The van der Waals surface area contributed by atoms with Crippen molar-refractivity contribution in [3.63, 3.8) is 0 Å². The van der Waals surface area contributed by atoms with E-state index in [-0.39, 0.29) is 10.5 Å². The summed E-state index contributed by atoms with van der Waals surface area (Å²) in [4.78, 5) is 11.6. The first-order valence-electron chi connectivity index (χ1n) is 4.56. The van der Waals surface area contributed by atoms with Crippen molar-refractivity contribution >= 4 is 11.1 Å². The Balaban J connectivity index is 2.56. The number of H-pyrrole nitrogens is 1. The number of nitrogens with zero attached hydrogens (tertiary/aromatic N) is 1. The Labute approximate surface area is 94.0 Å². The Morgan fingerprint density at radius 1 is 1.38 bits per heavy atom. The molecule has 6 heteroatoms. The zero-order chi connectivity index (χ0) is 11.7. The van der Waals surface area contributed by atoms with Crippen molar-refractivity contribution in [3.05, 3.63) is 46.4 Å². The molecule has 0 bridgehead atoms. The van der Waals surface area contributed by atoms with E-state index in [0.717, 1.165) is 5.69 Å². The van der Waals surface area contributed by atoms with Crippen LogP contribution in [0, 0.1) is 6.92 Å². The molecule has 1 aromatic carbocycles. The van der Waals surface area contributed by atoms with Gasteiger partial charge in [0.15, 0.2) is 0 Å². The maximum atomic E-state index is 11.5. The van der Waals surface area contributed by atoms with Crippen LogP contribution in [-0.4, -0.2) is 18.5 Å². The molecule has 84 valence electrons. The summed E-state index contributed by atoms with van der Waals surface area (Å²) >= 11 is -2.29. The van der Waals surface area contributed by atoms with Crippen LogP contribution >= 0.6 is 0 Å². The first-order chi connectivity index (χ1) is 7.58. The lowest BCUT2D eigenvalue weighted by Crippen LogP contribution is -2.13. The quantitative estimate of drug-likeness (QED) is 0.781. The van der Waals surface area contributed by atoms with Crippen molar-refractivity contribution in [2.45, 2.75) is 11.8 Å². The molecule has 0 radical (unpaired) electrons. The Morgan fingerprint density at radius 2 is 2.12 bits per heavy atom. The minimum Gasteiger partial charge on any atom is -0.768 e. The normalized spacial score (nSPS) is 12.6. The molecule has 1 aromatic heterocycles. The van der Waals surface area contributed by atoms with Crippen LogP contribution in [0.3, 0.4) is 0 Å². The summed E-state index contributed by atoms with van der Waals surface area (Å²) in [6.45, 7) is 1.76. The molecule has 0 saturated heterocycles. The summed E-state index contributed by atoms with van der Waals surface area (Å²) in [5.41, 5.74) is 1.00. The molecule has 0 aliphatic heterocycles. The van der Waals surface area contributed by atoms with Gasteiger partial charge in [0.2, 0.25) is 0 Å². The number of benzene rings is 1. The lowest BCUT2D eigenvalue weighted by molar-refractivity contribution is 0.537. The molecule has 1 N–H and O–H groups in total. The van der Waals surface area contributed by atoms with E-state index in [4.69, 9.17) is 0 Å². The molecule has 0 amide bonds. The SMILES string of the molecule is Cc1cc(=O)n(-c2cccc(S(=O)[O-])c2)[nH]1. The standard InChI is InChI=1S/C10H10N2O3S/c1-7-5-10(13)12(11-7)8-3-2-4-9(6-8)16(14)15/h2-6,11H,1H3,(H,14,15)/p-1. The zero-order valence-electron chi connectivity index (χ0n) is 8.47. The third-order valence-corrected chi connectivity index (χ3v) is 2.76. The maximum Gasteiger partial charge on any atom is 0.271 e. The Bertz CT molecular complexity index is 600. The van der Waals surface area contributed by atoms with Crippen LogP contribution in [0.25, 0.3) is 5.69 Å². The topological polar surface area (TPSA) is 77.9 Å². The van der Waals surface area contributed by atoms with Gasteiger partial charge in [-0.15, -0.1) is 0 Å². The molecular weight excluding hydrogens is 228 g/mol. The van der Waals surface area contributed by atoms with Gasteiger partial charge in [-0.1, -0.05) is 6.07 Å². The molecular formula is C10H9N2O3S-. The van der Waals surface area contributed by atoms with Gasteiger partial charge in [-0.2, -0.15) is 0 Å². The van der Waals surface area contributed by atoms with E-state index >= 15 is 0 Å². The van der Waals surface area contributed by atoms with E-state index in [9.17, 15) is 13.6 Å². The molecule has 1 heterocycles. The summed E-state index contributed by atoms with van der Waals surface area (Å²) in [6, 6.07) is 7.59. The van der Waals surface area contributed by atoms with Gasteiger partial charge in [0.05, 0.1) is 5.69 Å². The van der Waals surface area contributed by atoms with Gasteiger partial charge in [-0.05, 0) is 36.2 Å². The van der Waals surface area contributed by atoms with Crippen LogP contribution in [-0.2, 0) is 11.1 Å². The van der Waals surface area contributed by atoms with Crippen LogP contribution in [0.5, 0.6) is 0 Å². The molecule has 2 rings (SSSR count). The minimum atomic E-state index is -2.29. The summed E-state index contributed by atoms with van der Waals surface area (Å²) in [5.74, 6) is 0. The number of hydrogen-bond acceptors (Lipinski definition) is 3. The highest BCUT2D eigenvalue weighted by Crippen LogP contribution is 2.10. The molecule has 5 nitrogen and oxygen atoms in total. The molecule has 0 aliphatic carbocycles. The molecule has 16 heavy (non-hydrogen) atoms. The molecule has 2 aromatic rings. The van der Waals surface area contributed by atoms with E-state index < -0.39 is 11.1 Å². The summed E-state index contributed by atoms with van der Waals surface area (Å²) in [5, 5.41) is 2.83. The fourth-order valence-corrected chi connectivity index (χ4v) is 1.84. The monoisotopic (exact) mass is 237 g/mol. The van der Waals surface area contributed by atoms with Crippen molar-refractivity contribution in [1.29, 1.82) is 0 Å². The van der Waals surface area contributed by atoms with E-state index in [0.29, 0.717) is 5.69 Å². The fraction of sp³-hybridized carbons (Fsp3) is 0.100. The largest absolute Gasteiger partial charge is 0.768 e. The first kappa shape index (κ1) is 10.8. The Kier molecular flexibility index (Phi) is 2.76. The van der Waals surface area contributed by atoms with Gasteiger partial charge in [-0.25, -0.2) is 4.68 Å². The third kappa shape index (κ3) is 1.98. The van der Waals surface area contributed by atoms with Gasteiger partial charge in [0.1, 0.15) is 0 Å². The van der Waals surface area contributed by atoms with Crippen molar-refractivity contribution in [2.75, 3.05) is 0 Å². The average molecular weight is 237 g/mol. The highest BCUT2D eigenvalue weighted by molar-refractivity contribution is 7.79. The van der Waals surface area contributed by atoms with Gasteiger partial charge in [0, 0.05) is 16.7 Å². The number of nitrogens with one attached hydrogen (secondary N) is 1. The second-order valence-electron chi connectivity index (χ2n) is 3.34. The van der Waals surface area contributed by atoms with E-state index in [1.165, 1.54) is 22.9 Å². The van der Waals surface area contributed by atoms with Crippen molar-refractivity contribution in [3.8, 4) is 5.69 Å². The number of aromatic nitrogens is 2. The van der Waals surface area contributed by atoms with Crippen molar-refractivity contribution in [2.24, 2.45) is 0 Å². The zero-order valence-corrected chi connectivity index (χ0v) is 9.28. The lowest BCUT2D eigenvalue weighted by Gasteiger charge is -2.07. The highest BCUT2D eigenvalue weighted by Gasteiger charge is 2.03. The number of rotatable bonds is 2. The van der Waals surface area contributed by atoms with Gasteiger partial charge in [0.25, 0.3) is 5.56 Å². The van der Waals surface area contributed by atoms with E-state index in [1.54, 1.807) is 19.1 Å². The molecule has 0 saturated carbocycles. The molecule has 1 atom stereocenters. The minimum absolute atomic E-state index is 0.150. The Morgan fingerprint density at radius 3 is 2.69 bits per heavy atom. The first-order valence-corrected chi connectivity index (χ1v) is 5.64. The van der Waals surface area contributed by atoms with Crippen molar-refractivity contribution < 1.29 is 8.76 Å².